The fourth-order valence-electron chi connectivity index (χ4n) is 2.21. The Hall–Kier alpha value is -1.82. The first kappa shape index (κ1) is 16.5. The summed E-state index contributed by atoms with van der Waals surface area (Å²) >= 11 is 0. The second-order valence-electron chi connectivity index (χ2n) is 6.33. The Labute approximate surface area is 130 Å². The van der Waals surface area contributed by atoms with E-state index in [0.717, 1.165) is 19.4 Å². The maximum absolute atomic E-state index is 13.4. The summed E-state index contributed by atoms with van der Waals surface area (Å²) in [6.07, 6.45) is 1.58. The van der Waals surface area contributed by atoms with E-state index in [9.17, 15) is 9.18 Å². The number of nitrogens with one attached hydrogen (secondary N) is 2. The van der Waals surface area contributed by atoms with Gasteiger partial charge in [0.15, 0.2) is 0 Å². The zero-order valence-electron chi connectivity index (χ0n) is 13.2. The molecule has 0 radical (unpaired) electrons. The quantitative estimate of drug-likeness (QED) is 0.889. The number of hydrogen-bond donors (Lipinski definition) is 2. The van der Waals surface area contributed by atoms with Crippen molar-refractivity contribution in [1.82, 2.24) is 0 Å². The maximum Gasteiger partial charge on any atom is 0.412 e. The fraction of sp³-hybridized carbons (Fsp3) is 0.562. The van der Waals surface area contributed by atoms with Gasteiger partial charge in [-0.2, -0.15) is 0 Å². The van der Waals surface area contributed by atoms with Gasteiger partial charge in [-0.05, 0) is 51.8 Å². The molecule has 5 nitrogen and oxygen atoms in total. The number of amides is 1. The summed E-state index contributed by atoms with van der Waals surface area (Å²) in [7, 11) is 0. The Bertz CT molecular complexity index is 523. The van der Waals surface area contributed by atoms with Crippen molar-refractivity contribution < 1.29 is 18.7 Å². The number of rotatable bonds is 4. The highest BCUT2D eigenvalue weighted by Gasteiger charge is 2.19. The summed E-state index contributed by atoms with van der Waals surface area (Å²) < 4.78 is 24.2. The molecular formula is C16H23FN2O3. The zero-order chi connectivity index (χ0) is 16.2. The van der Waals surface area contributed by atoms with Crippen LogP contribution in [0.25, 0.3) is 0 Å². The van der Waals surface area contributed by atoms with Crippen molar-refractivity contribution in [2.75, 3.05) is 23.8 Å². The lowest BCUT2D eigenvalue weighted by molar-refractivity contribution is 0.0636. The van der Waals surface area contributed by atoms with Crippen LogP contribution in [0, 0.1) is 5.82 Å². The highest BCUT2D eigenvalue weighted by atomic mass is 19.1. The van der Waals surface area contributed by atoms with E-state index < -0.39 is 11.7 Å². The van der Waals surface area contributed by atoms with Crippen molar-refractivity contribution in [2.24, 2.45) is 0 Å². The van der Waals surface area contributed by atoms with E-state index in [2.05, 4.69) is 10.6 Å². The summed E-state index contributed by atoms with van der Waals surface area (Å²) in [6.45, 7) is 6.69. The van der Waals surface area contributed by atoms with E-state index in [1.807, 2.05) is 0 Å². The molecule has 1 heterocycles. The summed E-state index contributed by atoms with van der Waals surface area (Å²) in [5, 5.41) is 5.77. The van der Waals surface area contributed by atoms with Gasteiger partial charge < -0.3 is 14.8 Å². The van der Waals surface area contributed by atoms with Crippen LogP contribution < -0.4 is 10.6 Å². The lowest BCUT2D eigenvalue weighted by Crippen LogP contribution is -2.27. The second kappa shape index (κ2) is 6.96. The summed E-state index contributed by atoms with van der Waals surface area (Å²) in [5.74, 6) is -0.371. The normalized spacial score (nSPS) is 18.1. The molecule has 2 rings (SSSR count). The van der Waals surface area contributed by atoms with E-state index in [1.165, 1.54) is 18.2 Å². The van der Waals surface area contributed by atoms with E-state index in [4.69, 9.17) is 9.47 Å². The molecule has 1 atom stereocenters. The molecule has 122 valence electrons. The van der Waals surface area contributed by atoms with E-state index in [-0.39, 0.29) is 11.9 Å². The number of carbonyl (C=O) groups excluding carboxylic acids is 1. The predicted octanol–water partition coefficient (Wildman–Crippen LogP) is 3.76. The average Bonchev–Trinajstić information content (AvgIpc) is 2.90. The van der Waals surface area contributed by atoms with Crippen LogP contribution in [0.1, 0.15) is 33.6 Å². The molecule has 0 bridgehead atoms. The van der Waals surface area contributed by atoms with Gasteiger partial charge in [-0.1, -0.05) is 0 Å². The van der Waals surface area contributed by atoms with Crippen LogP contribution in [0.5, 0.6) is 0 Å². The van der Waals surface area contributed by atoms with Gasteiger partial charge in [-0.15, -0.1) is 0 Å². The Morgan fingerprint density at radius 1 is 1.41 bits per heavy atom. The minimum atomic E-state index is -0.588. The minimum absolute atomic E-state index is 0.123. The van der Waals surface area contributed by atoms with E-state index in [0.29, 0.717) is 17.9 Å². The molecule has 6 heteroatoms. The van der Waals surface area contributed by atoms with Crippen molar-refractivity contribution in [2.45, 2.75) is 45.3 Å². The van der Waals surface area contributed by atoms with Gasteiger partial charge in [-0.25, -0.2) is 9.18 Å². The third-order valence-corrected chi connectivity index (χ3v) is 3.16. The van der Waals surface area contributed by atoms with Crippen LogP contribution in [-0.4, -0.2) is 30.9 Å². The van der Waals surface area contributed by atoms with Gasteiger partial charge in [0.2, 0.25) is 0 Å². The molecule has 1 aliphatic heterocycles. The van der Waals surface area contributed by atoms with Crippen molar-refractivity contribution in [3.63, 3.8) is 0 Å². The second-order valence-corrected chi connectivity index (χ2v) is 6.33. The number of carbonyl (C=O) groups is 1. The highest BCUT2D eigenvalue weighted by molar-refractivity contribution is 5.89. The Morgan fingerprint density at radius 2 is 2.18 bits per heavy atom. The molecule has 1 aliphatic rings. The molecule has 1 amide bonds. The van der Waals surface area contributed by atoms with Gasteiger partial charge in [0.05, 0.1) is 17.5 Å². The van der Waals surface area contributed by atoms with Gasteiger partial charge in [0, 0.05) is 13.2 Å². The molecule has 1 saturated heterocycles. The average molecular weight is 310 g/mol. The number of ether oxygens (including phenoxy) is 2. The lowest BCUT2D eigenvalue weighted by atomic mass is 10.2. The first-order valence-corrected chi connectivity index (χ1v) is 7.48. The van der Waals surface area contributed by atoms with Gasteiger partial charge in [0.1, 0.15) is 11.4 Å². The Balaban J connectivity index is 2.01. The number of benzene rings is 1. The summed E-state index contributed by atoms with van der Waals surface area (Å²) in [6, 6.07) is 4.16. The smallest absolute Gasteiger partial charge is 0.412 e. The van der Waals surface area contributed by atoms with Crippen LogP contribution in [0.3, 0.4) is 0 Å². The molecule has 0 spiro atoms. The van der Waals surface area contributed by atoms with Crippen molar-refractivity contribution in [3.8, 4) is 0 Å². The van der Waals surface area contributed by atoms with Crippen LogP contribution in [0.2, 0.25) is 0 Å². The molecule has 1 aromatic carbocycles. The molecule has 0 aromatic heterocycles. The van der Waals surface area contributed by atoms with Crippen molar-refractivity contribution >= 4 is 17.5 Å². The van der Waals surface area contributed by atoms with Crippen molar-refractivity contribution in [1.29, 1.82) is 0 Å². The van der Waals surface area contributed by atoms with Crippen molar-refractivity contribution in [3.05, 3.63) is 24.0 Å². The SMILES string of the molecule is CC(C)(C)OC(=O)Nc1ccc(F)cc1NCC1CCCO1. The maximum atomic E-state index is 13.4. The van der Waals surface area contributed by atoms with Crippen LogP contribution in [0.15, 0.2) is 18.2 Å². The summed E-state index contributed by atoms with van der Waals surface area (Å²) in [4.78, 5) is 11.8. The van der Waals surface area contributed by atoms with Gasteiger partial charge in [-0.3, -0.25) is 5.32 Å². The standard InChI is InChI=1S/C16H23FN2O3/c1-16(2,3)22-15(20)19-13-7-6-11(17)9-14(13)18-10-12-5-4-8-21-12/h6-7,9,12,18H,4-5,8,10H2,1-3H3,(H,19,20). The number of halogens is 1. The fourth-order valence-corrected chi connectivity index (χ4v) is 2.21. The third kappa shape index (κ3) is 5.18. The molecule has 22 heavy (non-hydrogen) atoms. The summed E-state index contributed by atoms with van der Waals surface area (Å²) in [5.41, 5.74) is 0.407. The molecule has 1 unspecified atom stereocenters. The first-order valence-electron chi connectivity index (χ1n) is 7.48. The van der Waals surface area contributed by atoms with Gasteiger partial charge in [0.25, 0.3) is 0 Å². The largest absolute Gasteiger partial charge is 0.444 e. The minimum Gasteiger partial charge on any atom is -0.444 e. The molecule has 2 N–H and O–H groups in total. The molecule has 1 fully saturated rings. The molecular weight excluding hydrogens is 287 g/mol. The van der Waals surface area contributed by atoms with E-state index >= 15 is 0 Å². The molecule has 1 aromatic rings. The number of anilines is 2. The topological polar surface area (TPSA) is 59.6 Å². The highest BCUT2D eigenvalue weighted by Crippen LogP contribution is 2.24. The monoisotopic (exact) mass is 310 g/mol. The molecule has 0 aliphatic carbocycles. The Morgan fingerprint density at radius 3 is 2.82 bits per heavy atom. The first-order chi connectivity index (χ1) is 10.3. The van der Waals surface area contributed by atoms with Crippen LogP contribution in [-0.2, 0) is 9.47 Å². The lowest BCUT2D eigenvalue weighted by Gasteiger charge is -2.21. The van der Waals surface area contributed by atoms with E-state index in [1.54, 1.807) is 20.8 Å². The third-order valence-electron chi connectivity index (χ3n) is 3.16. The molecule has 0 saturated carbocycles. The van der Waals surface area contributed by atoms with Crippen LogP contribution in [0.4, 0.5) is 20.6 Å². The predicted molar refractivity (Wildman–Crippen MR) is 83.7 cm³/mol. The van der Waals surface area contributed by atoms with Gasteiger partial charge >= 0.3 is 6.09 Å². The van der Waals surface area contributed by atoms with Crippen LogP contribution >= 0.6 is 0 Å². The zero-order valence-corrected chi connectivity index (χ0v) is 13.2. The number of hydrogen-bond acceptors (Lipinski definition) is 4. The Kier molecular flexibility index (Phi) is 5.24.